The van der Waals surface area contributed by atoms with Crippen LogP contribution in [0, 0.1) is 10.1 Å². The van der Waals surface area contributed by atoms with E-state index in [0.717, 1.165) is 31.9 Å². The second-order valence-electron chi connectivity index (χ2n) is 5.79. The van der Waals surface area contributed by atoms with Gasteiger partial charge in [0.2, 0.25) is 11.7 Å². The number of hydrazone groups is 1. The van der Waals surface area contributed by atoms with E-state index in [2.05, 4.69) is 32.6 Å². The molecule has 0 unspecified atom stereocenters. The summed E-state index contributed by atoms with van der Waals surface area (Å²) in [6.45, 7) is 2.47. The van der Waals surface area contributed by atoms with Crippen LogP contribution in [0.1, 0.15) is 38.2 Å². The molecule has 0 saturated heterocycles. The summed E-state index contributed by atoms with van der Waals surface area (Å²) in [4.78, 5) is 24.5. The van der Waals surface area contributed by atoms with Crippen molar-refractivity contribution in [2.45, 2.75) is 32.6 Å². The predicted molar refractivity (Wildman–Crippen MR) is 103 cm³/mol. The molecule has 1 aromatic heterocycles. The molecule has 0 saturated carbocycles. The van der Waals surface area contributed by atoms with Gasteiger partial charge in [-0.3, -0.25) is 19.9 Å². The van der Waals surface area contributed by atoms with Gasteiger partial charge in [-0.25, -0.2) is 5.43 Å². The molecule has 1 aromatic carbocycles. The van der Waals surface area contributed by atoms with Crippen LogP contribution in [0.4, 0.5) is 11.6 Å². The number of aromatic amines is 1. The minimum atomic E-state index is -0.533. The second-order valence-corrected chi connectivity index (χ2v) is 5.79. The van der Waals surface area contributed by atoms with Crippen molar-refractivity contribution in [3.8, 4) is 11.5 Å². The largest absolute Gasteiger partial charge is 0.493 e. The maximum absolute atomic E-state index is 11.5. The Morgan fingerprint density at radius 3 is 2.86 bits per heavy atom. The first-order chi connectivity index (χ1) is 13.5. The smallest absolute Gasteiger partial charge is 0.315 e. The zero-order valence-corrected chi connectivity index (χ0v) is 15.7. The van der Waals surface area contributed by atoms with Crippen LogP contribution in [0.25, 0.3) is 0 Å². The monoisotopic (exact) mass is 390 g/mol. The topological polar surface area (TPSA) is 145 Å². The maximum Gasteiger partial charge on any atom is 0.315 e. The van der Waals surface area contributed by atoms with Crippen molar-refractivity contribution in [1.82, 2.24) is 15.2 Å². The van der Waals surface area contributed by atoms with E-state index in [9.17, 15) is 14.9 Å². The summed E-state index contributed by atoms with van der Waals surface area (Å²) in [5.74, 6) is 0.365. The number of rotatable bonds is 11. The number of nitro groups is 1. The van der Waals surface area contributed by atoms with E-state index in [-0.39, 0.29) is 23.1 Å². The quantitative estimate of drug-likeness (QED) is 0.258. The predicted octanol–water partition coefficient (Wildman–Crippen LogP) is 2.49. The molecule has 0 aliphatic carbocycles. The molecule has 0 amide bonds. The molecule has 11 heteroatoms. The third-order valence-electron chi connectivity index (χ3n) is 3.68. The van der Waals surface area contributed by atoms with Crippen LogP contribution in [0.2, 0.25) is 0 Å². The highest BCUT2D eigenvalue weighted by Crippen LogP contribution is 2.38. The molecule has 11 nitrogen and oxygen atoms in total. The minimum absolute atomic E-state index is 0.0391. The molecule has 0 aliphatic heterocycles. The average molecular weight is 390 g/mol. The van der Waals surface area contributed by atoms with Crippen LogP contribution in [-0.4, -0.2) is 40.0 Å². The number of unbranched alkanes of at least 4 members (excludes halogenated alkanes) is 3. The fraction of sp³-hybridized carbons (Fsp3) is 0.412. The Kier molecular flexibility index (Phi) is 7.88. The van der Waals surface area contributed by atoms with Gasteiger partial charge in [0.1, 0.15) is 6.20 Å². The lowest BCUT2D eigenvalue weighted by Crippen LogP contribution is -2.10. The molecular weight excluding hydrogens is 368 g/mol. The highest BCUT2D eigenvalue weighted by Gasteiger charge is 2.22. The van der Waals surface area contributed by atoms with E-state index in [4.69, 9.17) is 9.47 Å². The number of aromatic nitrogens is 3. The third-order valence-corrected chi connectivity index (χ3v) is 3.68. The van der Waals surface area contributed by atoms with E-state index in [0.29, 0.717) is 12.2 Å². The Labute approximate surface area is 160 Å². The summed E-state index contributed by atoms with van der Waals surface area (Å²) in [5, 5.41) is 22.5. The van der Waals surface area contributed by atoms with Gasteiger partial charge in [0.25, 0.3) is 5.56 Å². The van der Waals surface area contributed by atoms with Gasteiger partial charge in [0.05, 0.1) is 24.9 Å². The number of hydrogen-bond donors (Lipinski definition) is 2. The number of methoxy groups -OCH3 is 1. The van der Waals surface area contributed by atoms with Crippen molar-refractivity contribution < 1.29 is 14.4 Å². The standard InChI is InChI=1S/C17H22N6O5/c1-3-4-5-6-7-28-16-13(23(25)26)8-12(9-14(16)27-2)10-18-21-17-20-15(24)11-19-22-17/h8-11H,3-7H2,1-2H3,(H2,20,21,22,24)/b18-10+. The van der Waals surface area contributed by atoms with Crippen molar-refractivity contribution in [1.29, 1.82) is 0 Å². The number of nitrogens with zero attached hydrogens (tertiary/aromatic N) is 4. The lowest BCUT2D eigenvalue weighted by Gasteiger charge is -2.11. The maximum atomic E-state index is 11.5. The van der Waals surface area contributed by atoms with Crippen molar-refractivity contribution in [2.24, 2.45) is 5.10 Å². The Balaban J connectivity index is 2.17. The van der Waals surface area contributed by atoms with Crippen molar-refractivity contribution >= 4 is 17.9 Å². The summed E-state index contributed by atoms with van der Waals surface area (Å²) < 4.78 is 10.9. The van der Waals surface area contributed by atoms with E-state index >= 15 is 0 Å². The molecule has 0 radical (unpaired) electrons. The summed E-state index contributed by atoms with van der Waals surface area (Å²) in [6, 6.07) is 2.90. The van der Waals surface area contributed by atoms with Gasteiger partial charge in [0, 0.05) is 11.6 Å². The minimum Gasteiger partial charge on any atom is -0.493 e. The molecule has 0 fully saturated rings. The fourth-order valence-electron chi connectivity index (χ4n) is 2.35. The van der Waals surface area contributed by atoms with Crippen molar-refractivity contribution in [2.75, 3.05) is 19.1 Å². The summed E-state index contributed by atoms with van der Waals surface area (Å²) in [7, 11) is 1.41. The number of nitro benzene ring substituents is 1. The van der Waals surface area contributed by atoms with E-state index in [1.165, 1.54) is 19.4 Å². The van der Waals surface area contributed by atoms with Gasteiger partial charge < -0.3 is 9.47 Å². The first kappa shape index (κ1) is 20.8. The molecular formula is C17H22N6O5. The van der Waals surface area contributed by atoms with Gasteiger partial charge >= 0.3 is 5.69 Å². The highest BCUT2D eigenvalue weighted by molar-refractivity contribution is 5.83. The Bertz CT molecular complexity index is 883. The number of ether oxygens (including phenoxy) is 2. The van der Waals surface area contributed by atoms with Gasteiger partial charge in [-0.15, -0.1) is 10.2 Å². The van der Waals surface area contributed by atoms with Gasteiger partial charge in [0.15, 0.2) is 5.75 Å². The zero-order chi connectivity index (χ0) is 20.4. The first-order valence-corrected chi connectivity index (χ1v) is 8.75. The molecule has 0 atom stereocenters. The molecule has 28 heavy (non-hydrogen) atoms. The summed E-state index contributed by atoms with van der Waals surface area (Å²) >= 11 is 0. The number of benzene rings is 1. The van der Waals surface area contributed by atoms with Crippen LogP contribution in [0.5, 0.6) is 11.5 Å². The highest BCUT2D eigenvalue weighted by atomic mass is 16.6. The number of H-pyrrole nitrogens is 1. The van der Waals surface area contributed by atoms with Crippen LogP contribution in [0.3, 0.4) is 0 Å². The van der Waals surface area contributed by atoms with Gasteiger partial charge in [-0.1, -0.05) is 26.2 Å². The van der Waals surface area contributed by atoms with Gasteiger partial charge in [-0.05, 0) is 12.5 Å². The average Bonchev–Trinajstić information content (AvgIpc) is 2.68. The van der Waals surface area contributed by atoms with Crippen molar-refractivity contribution in [3.63, 3.8) is 0 Å². The third kappa shape index (κ3) is 6.04. The summed E-state index contributed by atoms with van der Waals surface area (Å²) in [6.07, 6.45) is 6.32. The summed E-state index contributed by atoms with van der Waals surface area (Å²) in [5.41, 5.74) is 2.23. The molecule has 0 aliphatic rings. The number of nitrogens with one attached hydrogen (secondary N) is 2. The lowest BCUT2D eigenvalue weighted by molar-refractivity contribution is -0.386. The Morgan fingerprint density at radius 1 is 1.36 bits per heavy atom. The van der Waals surface area contributed by atoms with Crippen LogP contribution < -0.4 is 20.5 Å². The first-order valence-electron chi connectivity index (χ1n) is 8.75. The fourth-order valence-corrected chi connectivity index (χ4v) is 2.35. The SMILES string of the molecule is CCCCCCOc1c(OC)cc(/C=N/Nc2nncc(=O)[nH]2)cc1[N+](=O)[O-]. The van der Waals surface area contributed by atoms with Crippen molar-refractivity contribution in [3.05, 3.63) is 44.4 Å². The zero-order valence-electron chi connectivity index (χ0n) is 15.7. The van der Waals surface area contributed by atoms with Crippen LogP contribution in [-0.2, 0) is 0 Å². The Hall–Kier alpha value is -3.50. The van der Waals surface area contributed by atoms with E-state index < -0.39 is 10.5 Å². The van der Waals surface area contributed by atoms with Crippen LogP contribution >= 0.6 is 0 Å². The Morgan fingerprint density at radius 2 is 2.18 bits per heavy atom. The number of hydrogen-bond acceptors (Lipinski definition) is 9. The molecule has 0 bridgehead atoms. The molecule has 150 valence electrons. The van der Waals surface area contributed by atoms with Crippen LogP contribution in [0.15, 0.2) is 28.2 Å². The second kappa shape index (κ2) is 10.6. The molecule has 0 spiro atoms. The normalized spacial score (nSPS) is 10.8. The molecule has 2 aromatic rings. The molecule has 1 heterocycles. The molecule has 2 rings (SSSR count). The van der Waals surface area contributed by atoms with E-state index in [1.807, 2.05) is 0 Å². The van der Waals surface area contributed by atoms with E-state index in [1.54, 1.807) is 6.07 Å². The van der Waals surface area contributed by atoms with Gasteiger partial charge in [-0.2, -0.15) is 5.10 Å². The number of anilines is 1. The lowest BCUT2D eigenvalue weighted by atomic mass is 10.1. The molecule has 2 N–H and O–H groups in total.